The normalized spacial score (nSPS) is 10.7. The lowest BCUT2D eigenvalue weighted by Gasteiger charge is -2.08. The summed E-state index contributed by atoms with van der Waals surface area (Å²) < 4.78 is 15.3. The maximum absolute atomic E-state index is 13.7. The van der Waals surface area contributed by atoms with E-state index in [2.05, 4.69) is 20.8 Å². The van der Waals surface area contributed by atoms with Crippen molar-refractivity contribution in [2.75, 3.05) is 11.1 Å². The van der Waals surface area contributed by atoms with Crippen LogP contribution >= 0.6 is 35.0 Å². The number of benzene rings is 2. The highest BCUT2D eigenvalue weighted by Crippen LogP contribution is 2.29. The van der Waals surface area contributed by atoms with E-state index in [1.165, 1.54) is 30.0 Å². The Hall–Kier alpha value is -2.62. The van der Waals surface area contributed by atoms with Gasteiger partial charge in [0.25, 0.3) is 5.91 Å². The zero-order chi connectivity index (χ0) is 21.7. The summed E-state index contributed by atoms with van der Waals surface area (Å²) in [5, 5.41) is 14.4. The number of thioether (sulfide) groups is 1. The first kappa shape index (κ1) is 22.1. The second-order valence-electron chi connectivity index (χ2n) is 6.06. The molecule has 2 aromatic carbocycles. The van der Waals surface area contributed by atoms with Gasteiger partial charge in [-0.05, 0) is 24.3 Å². The van der Waals surface area contributed by atoms with Crippen molar-refractivity contribution in [2.24, 2.45) is 7.05 Å². The summed E-state index contributed by atoms with van der Waals surface area (Å²) in [6.45, 7) is 0.0571. The van der Waals surface area contributed by atoms with E-state index in [-0.39, 0.29) is 28.8 Å². The molecule has 0 atom stereocenters. The molecule has 1 heterocycles. The maximum Gasteiger partial charge on any atom is 0.254 e. The number of hydrogen-bond acceptors (Lipinski definition) is 5. The van der Waals surface area contributed by atoms with Crippen LogP contribution in [-0.2, 0) is 18.4 Å². The average molecular weight is 468 g/mol. The van der Waals surface area contributed by atoms with Crippen LogP contribution in [0.2, 0.25) is 10.0 Å². The first-order valence-electron chi connectivity index (χ1n) is 8.64. The van der Waals surface area contributed by atoms with Crippen LogP contribution in [0.4, 0.5) is 10.1 Å². The molecule has 156 valence electrons. The number of halogens is 3. The minimum absolute atomic E-state index is 0.0504. The highest BCUT2D eigenvalue weighted by atomic mass is 35.5. The van der Waals surface area contributed by atoms with Gasteiger partial charge in [0.15, 0.2) is 11.0 Å². The van der Waals surface area contributed by atoms with Crippen molar-refractivity contribution in [2.45, 2.75) is 11.7 Å². The summed E-state index contributed by atoms with van der Waals surface area (Å²) in [5.74, 6) is -0.920. The van der Waals surface area contributed by atoms with Crippen LogP contribution in [0.25, 0.3) is 0 Å². The fraction of sp³-hybridized carbons (Fsp3) is 0.158. The van der Waals surface area contributed by atoms with Gasteiger partial charge >= 0.3 is 0 Å². The lowest BCUT2D eigenvalue weighted by atomic mass is 10.2. The van der Waals surface area contributed by atoms with E-state index < -0.39 is 11.7 Å². The first-order valence-corrected chi connectivity index (χ1v) is 10.4. The quantitative estimate of drug-likeness (QED) is 0.514. The van der Waals surface area contributed by atoms with Crippen LogP contribution in [0.3, 0.4) is 0 Å². The molecule has 0 saturated heterocycles. The van der Waals surface area contributed by atoms with Gasteiger partial charge in [-0.15, -0.1) is 10.2 Å². The molecule has 3 aromatic rings. The highest BCUT2D eigenvalue weighted by Gasteiger charge is 2.15. The Bertz CT molecular complexity index is 1090. The minimum atomic E-state index is -0.602. The molecule has 1 aromatic heterocycles. The standard InChI is InChI=1S/C19H16Cl2FN5O2S/c1-27-15(9-23-18(29)11-5-2-3-7-13(11)22)25-26-19(27)30-10-16(28)24-14-8-4-6-12(20)17(14)21/h2-8H,9-10H2,1H3,(H,23,29)(H,24,28). The van der Waals surface area contributed by atoms with Gasteiger partial charge in [0.1, 0.15) is 5.82 Å². The van der Waals surface area contributed by atoms with E-state index in [1.807, 2.05) is 0 Å². The van der Waals surface area contributed by atoms with Gasteiger partial charge in [0.05, 0.1) is 33.6 Å². The SMILES string of the molecule is Cn1c(CNC(=O)c2ccccc2F)nnc1SCC(=O)Nc1cccc(Cl)c1Cl. The van der Waals surface area contributed by atoms with Gasteiger partial charge in [-0.2, -0.15) is 0 Å². The third-order valence-electron chi connectivity index (χ3n) is 4.01. The summed E-state index contributed by atoms with van der Waals surface area (Å²) in [5.41, 5.74) is 0.370. The molecule has 0 bridgehead atoms. The zero-order valence-corrected chi connectivity index (χ0v) is 18.0. The Morgan fingerprint density at radius 1 is 1.13 bits per heavy atom. The molecule has 30 heavy (non-hydrogen) atoms. The van der Waals surface area contributed by atoms with E-state index in [4.69, 9.17) is 23.2 Å². The number of carbonyl (C=O) groups excluding carboxylic acids is 2. The fourth-order valence-corrected chi connectivity index (χ4v) is 3.52. The minimum Gasteiger partial charge on any atom is -0.345 e. The third kappa shape index (κ3) is 5.29. The Morgan fingerprint density at radius 3 is 2.67 bits per heavy atom. The van der Waals surface area contributed by atoms with Crippen LogP contribution in [0.1, 0.15) is 16.2 Å². The molecule has 0 fully saturated rings. The van der Waals surface area contributed by atoms with Gasteiger partial charge in [-0.25, -0.2) is 4.39 Å². The summed E-state index contributed by atoms with van der Waals surface area (Å²) in [4.78, 5) is 24.3. The molecular weight excluding hydrogens is 452 g/mol. The molecule has 0 spiro atoms. The Morgan fingerprint density at radius 2 is 1.90 bits per heavy atom. The number of amides is 2. The number of hydrogen-bond donors (Lipinski definition) is 2. The topological polar surface area (TPSA) is 88.9 Å². The number of nitrogens with one attached hydrogen (secondary N) is 2. The van der Waals surface area contributed by atoms with E-state index >= 15 is 0 Å². The van der Waals surface area contributed by atoms with E-state index in [1.54, 1.807) is 35.9 Å². The molecule has 0 aliphatic heterocycles. The fourth-order valence-electron chi connectivity index (χ4n) is 2.44. The monoisotopic (exact) mass is 467 g/mol. The second kappa shape index (κ2) is 9.92. The molecule has 0 saturated carbocycles. The molecule has 3 rings (SSSR count). The van der Waals surface area contributed by atoms with E-state index in [0.29, 0.717) is 21.7 Å². The van der Waals surface area contributed by atoms with Crippen molar-refractivity contribution in [3.8, 4) is 0 Å². The van der Waals surface area contributed by atoms with E-state index in [0.717, 1.165) is 0 Å². The lowest BCUT2D eigenvalue weighted by molar-refractivity contribution is -0.113. The number of nitrogens with zero attached hydrogens (tertiary/aromatic N) is 3. The summed E-state index contributed by atoms with van der Waals surface area (Å²) in [6.07, 6.45) is 0. The maximum atomic E-state index is 13.7. The molecule has 7 nitrogen and oxygen atoms in total. The van der Waals surface area contributed by atoms with Crippen molar-refractivity contribution in [1.29, 1.82) is 0 Å². The van der Waals surface area contributed by atoms with Crippen molar-refractivity contribution in [1.82, 2.24) is 20.1 Å². The largest absolute Gasteiger partial charge is 0.345 e. The van der Waals surface area contributed by atoms with Crippen LogP contribution in [0.5, 0.6) is 0 Å². The van der Waals surface area contributed by atoms with Crippen LogP contribution in [0.15, 0.2) is 47.6 Å². The molecule has 0 radical (unpaired) electrons. The third-order valence-corrected chi connectivity index (χ3v) is 5.85. The van der Waals surface area contributed by atoms with Gasteiger partial charge in [-0.1, -0.05) is 53.2 Å². The van der Waals surface area contributed by atoms with Gasteiger partial charge in [-0.3, -0.25) is 9.59 Å². The Balaban J connectivity index is 1.55. The van der Waals surface area contributed by atoms with E-state index in [9.17, 15) is 14.0 Å². The lowest BCUT2D eigenvalue weighted by Crippen LogP contribution is -2.25. The predicted octanol–water partition coefficient (Wildman–Crippen LogP) is 3.92. The van der Waals surface area contributed by atoms with Gasteiger partial charge < -0.3 is 15.2 Å². The number of carbonyl (C=O) groups is 2. The van der Waals surface area contributed by atoms with Crippen LogP contribution in [0, 0.1) is 5.82 Å². The molecule has 0 aliphatic rings. The predicted molar refractivity (Wildman–Crippen MR) is 114 cm³/mol. The van der Waals surface area contributed by atoms with Crippen molar-refractivity contribution < 1.29 is 14.0 Å². The zero-order valence-electron chi connectivity index (χ0n) is 15.7. The molecule has 2 amide bonds. The number of anilines is 1. The molecule has 2 N–H and O–H groups in total. The highest BCUT2D eigenvalue weighted by molar-refractivity contribution is 7.99. The van der Waals surface area contributed by atoms with Gasteiger partial charge in [0, 0.05) is 7.05 Å². The molecular formula is C19H16Cl2FN5O2S. The number of rotatable bonds is 7. The average Bonchev–Trinajstić information content (AvgIpc) is 3.08. The van der Waals surface area contributed by atoms with Crippen LogP contribution in [-0.4, -0.2) is 32.3 Å². The molecule has 0 unspecified atom stereocenters. The first-order chi connectivity index (χ1) is 14.4. The smallest absolute Gasteiger partial charge is 0.254 e. The summed E-state index contributed by atoms with van der Waals surface area (Å²) >= 11 is 13.2. The second-order valence-corrected chi connectivity index (χ2v) is 7.79. The van der Waals surface area contributed by atoms with Crippen molar-refractivity contribution in [3.63, 3.8) is 0 Å². The van der Waals surface area contributed by atoms with Gasteiger partial charge in [0.2, 0.25) is 5.91 Å². The van der Waals surface area contributed by atoms with Crippen LogP contribution < -0.4 is 10.6 Å². The van der Waals surface area contributed by atoms with Crippen molar-refractivity contribution in [3.05, 3.63) is 69.7 Å². The number of aromatic nitrogens is 3. The Kier molecular flexibility index (Phi) is 7.30. The Labute approximate surface area is 186 Å². The molecule has 11 heteroatoms. The molecule has 0 aliphatic carbocycles. The van der Waals surface area contributed by atoms with Crippen molar-refractivity contribution >= 4 is 52.5 Å². The summed E-state index contributed by atoms with van der Waals surface area (Å²) in [7, 11) is 1.71. The summed E-state index contributed by atoms with van der Waals surface area (Å²) in [6, 6.07) is 10.7.